The van der Waals surface area contributed by atoms with Gasteiger partial charge in [0.15, 0.2) is 0 Å². The highest BCUT2D eigenvalue weighted by atomic mass is 79.9. The quantitative estimate of drug-likeness (QED) is 0.851. The lowest BCUT2D eigenvalue weighted by Crippen LogP contribution is -2.06. The summed E-state index contributed by atoms with van der Waals surface area (Å²) in [6, 6.07) is 8.16. The van der Waals surface area contributed by atoms with Gasteiger partial charge in [0, 0.05) is 23.6 Å². The van der Waals surface area contributed by atoms with E-state index in [1.54, 1.807) is 6.20 Å². The van der Waals surface area contributed by atoms with Gasteiger partial charge in [-0.1, -0.05) is 28.1 Å². The first-order chi connectivity index (χ1) is 8.65. The predicted molar refractivity (Wildman–Crippen MR) is 76.2 cm³/mol. The number of aromatic amines is 1. The number of H-pyrrole nitrogens is 1. The molecule has 0 fully saturated rings. The molecule has 3 nitrogen and oxygen atoms in total. The minimum Gasteiger partial charge on any atom is -0.491 e. The summed E-state index contributed by atoms with van der Waals surface area (Å²) in [4.78, 5) is 7.58. The average Bonchev–Trinajstić information content (AvgIpc) is 2.81. The summed E-state index contributed by atoms with van der Waals surface area (Å²) in [5, 5.41) is 0. The molecule has 1 N–H and O–H groups in total. The molecular weight excluding hydrogens is 292 g/mol. The topological polar surface area (TPSA) is 37.9 Å². The van der Waals surface area contributed by atoms with Crippen LogP contribution in [0.3, 0.4) is 0 Å². The van der Waals surface area contributed by atoms with Crippen LogP contribution in [-0.2, 0) is 6.42 Å². The van der Waals surface area contributed by atoms with Gasteiger partial charge < -0.3 is 9.72 Å². The van der Waals surface area contributed by atoms with Crippen LogP contribution in [0, 0.1) is 0 Å². The molecule has 2 aromatic rings. The van der Waals surface area contributed by atoms with Crippen molar-refractivity contribution in [1.82, 2.24) is 9.97 Å². The molecule has 0 aliphatic carbocycles. The van der Waals surface area contributed by atoms with E-state index in [-0.39, 0.29) is 10.9 Å². The number of nitrogens with one attached hydrogen (secondary N) is 1. The van der Waals surface area contributed by atoms with E-state index in [0.717, 1.165) is 18.0 Å². The van der Waals surface area contributed by atoms with Gasteiger partial charge in [-0.2, -0.15) is 0 Å². The lowest BCUT2D eigenvalue weighted by Gasteiger charge is -2.13. The van der Waals surface area contributed by atoms with Crippen LogP contribution >= 0.6 is 15.9 Å². The van der Waals surface area contributed by atoms with Gasteiger partial charge in [0.05, 0.1) is 6.10 Å². The molecule has 0 spiro atoms. The molecule has 0 saturated carbocycles. The van der Waals surface area contributed by atoms with E-state index < -0.39 is 0 Å². The normalized spacial score (nSPS) is 12.7. The summed E-state index contributed by atoms with van der Waals surface area (Å²) in [5.41, 5.74) is 1.20. The Kier molecular flexibility index (Phi) is 4.42. The van der Waals surface area contributed by atoms with E-state index in [9.17, 15) is 0 Å². The number of ether oxygens (including phenoxy) is 1. The van der Waals surface area contributed by atoms with Crippen LogP contribution in [0.1, 0.15) is 30.1 Å². The smallest absolute Gasteiger partial charge is 0.119 e. The van der Waals surface area contributed by atoms with Gasteiger partial charge >= 0.3 is 0 Å². The fraction of sp³-hybridized carbons (Fsp3) is 0.357. The molecule has 1 aromatic heterocycles. The zero-order valence-corrected chi connectivity index (χ0v) is 12.1. The van der Waals surface area contributed by atoms with Crippen molar-refractivity contribution in [1.29, 1.82) is 0 Å². The van der Waals surface area contributed by atoms with Crippen LogP contribution in [0.5, 0.6) is 5.75 Å². The molecule has 0 aliphatic heterocycles. The summed E-state index contributed by atoms with van der Waals surface area (Å²) in [6.07, 6.45) is 4.64. The predicted octanol–water partition coefficient (Wildman–Crippen LogP) is 3.88. The fourth-order valence-electron chi connectivity index (χ4n) is 1.75. The molecule has 0 radical (unpaired) electrons. The highest BCUT2D eigenvalue weighted by Crippen LogP contribution is 2.28. The number of benzene rings is 1. The Hall–Kier alpha value is -1.29. The molecule has 0 bridgehead atoms. The van der Waals surface area contributed by atoms with Crippen LogP contribution in [0.15, 0.2) is 36.7 Å². The van der Waals surface area contributed by atoms with Gasteiger partial charge in [-0.25, -0.2) is 4.98 Å². The van der Waals surface area contributed by atoms with Gasteiger partial charge in [0.1, 0.15) is 11.6 Å². The number of halogens is 1. The Labute approximate surface area is 116 Å². The van der Waals surface area contributed by atoms with Crippen LogP contribution in [-0.4, -0.2) is 16.1 Å². The van der Waals surface area contributed by atoms with E-state index >= 15 is 0 Å². The highest BCUT2D eigenvalue weighted by molar-refractivity contribution is 9.09. The molecule has 0 aliphatic rings. The lowest BCUT2D eigenvalue weighted by molar-refractivity contribution is 0.242. The third kappa shape index (κ3) is 3.60. The van der Waals surface area contributed by atoms with E-state index in [0.29, 0.717) is 0 Å². The Morgan fingerprint density at radius 3 is 2.89 bits per heavy atom. The molecule has 2 rings (SSSR count). The largest absolute Gasteiger partial charge is 0.491 e. The SMILES string of the molecule is CC(C)Oc1cccc(C(Br)Cc2ncc[nH]2)c1. The summed E-state index contributed by atoms with van der Waals surface area (Å²) in [5.74, 6) is 1.89. The fourth-order valence-corrected chi connectivity index (χ4v) is 2.34. The van der Waals surface area contributed by atoms with Gasteiger partial charge in [-0.05, 0) is 31.5 Å². The van der Waals surface area contributed by atoms with Crippen LogP contribution in [0.25, 0.3) is 0 Å². The maximum absolute atomic E-state index is 5.70. The number of aromatic nitrogens is 2. The molecule has 1 atom stereocenters. The van der Waals surface area contributed by atoms with E-state index in [1.165, 1.54) is 5.56 Å². The molecule has 18 heavy (non-hydrogen) atoms. The minimum absolute atomic E-state index is 0.194. The van der Waals surface area contributed by atoms with Crippen LogP contribution < -0.4 is 4.74 Å². The standard InChI is InChI=1S/C14H17BrN2O/c1-10(2)18-12-5-3-4-11(8-12)13(15)9-14-16-6-7-17-14/h3-8,10,13H,9H2,1-2H3,(H,16,17). The molecule has 96 valence electrons. The number of hydrogen-bond acceptors (Lipinski definition) is 2. The zero-order chi connectivity index (χ0) is 13.0. The summed E-state index contributed by atoms with van der Waals surface area (Å²) in [6.45, 7) is 4.06. The van der Waals surface area contributed by atoms with Crippen molar-refractivity contribution in [2.75, 3.05) is 0 Å². The summed E-state index contributed by atoms with van der Waals surface area (Å²) >= 11 is 3.69. The van der Waals surface area contributed by atoms with E-state index in [4.69, 9.17) is 4.74 Å². The monoisotopic (exact) mass is 308 g/mol. The Morgan fingerprint density at radius 1 is 1.39 bits per heavy atom. The lowest BCUT2D eigenvalue weighted by atomic mass is 10.1. The Bertz CT molecular complexity index is 482. The number of hydrogen-bond donors (Lipinski definition) is 1. The van der Waals surface area contributed by atoms with Crippen molar-refractivity contribution in [3.63, 3.8) is 0 Å². The third-order valence-electron chi connectivity index (χ3n) is 2.52. The van der Waals surface area contributed by atoms with Crippen molar-refractivity contribution in [3.8, 4) is 5.75 Å². The second-order valence-corrected chi connectivity index (χ2v) is 5.55. The molecule has 0 saturated heterocycles. The molecule has 1 heterocycles. The van der Waals surface area contributed by atoms with E-state index in [1.807, 2.05) is 32.2 Å². The van der Waals surface area contributed by atoms with Crippen molar-refractivity contribution in [2.45, 2.75) is 31.2 Å². The number of imidazole rings is 1. The number of rotatable bonds is 5. The summed E-state index contributed by atoms with van der Waals surface area (Å²) in [7, 11) is 0. The van der Waals surface area contributed by atoms with Gasteiger partial charge in [-0.15, -0.1) is 0 Å². The second-order valence-electron chi connectivity index (χ2n) is 4.45. The van der Waals surface area contributed by atoms with E-state index in [2.05, 4.69) is 38.0 Å². The molecule has 0 amide bonds. The van der Waals surface area contributed by atoms with Gasteiger partial charge in [-0.3, -0.25) is 0 Å². The van der Waals surface area contributed by atoms with Crippen LogP contribution in [0.2, 0.25) is 0 Å². The number of alkyl halides is 1. The third-order valence-corrected chi connectivity index (χ3v) is 3.37. The Morgan fingerprint density at radius 2 is 2.22 bits per heavy atom. The maximum atomic E-state index is 5.70. The molecule has 1 aromatic carbocycles. The highest BCUT2D eigenvalue weighted by Gasteiger charge is 2.11. The molecular formula is C14H17BrN2O. The van der Waals surface area contributed by atoms with Crippen molar-refractivity contribution in [2.24, 2.45) is 0 Å². The first-order valence-corrected chi connectivity index (χ1v) is 6.95. The van der Waals surface area contributed by atoms with Crippen molar-refractivity contribution >= 4 is 15.9 Å². The molecule has 4 heteroatoms. The van der Waals surface area contributed by atoms with Gasteiger partial charge in [0.2, 0.25) is 0 Å². The zero-order valence-electron chi connectivity index (χ0n) is 10.6. The number of nitrogens with zero attached hydrogens (tertiary/aromatic N) is 1. The second kappa shape index (κ2) is 6.05. The first-order valence-electron chi connectivity index (χ1n) is 6.04. The minimum atomic E-state index is 0.194. The first kappa shape index (κ1) is 13.1. The Balaban J connectivity index is 2.07. The van der Waals surface area contributed by atoms with Crippen molar-refractivity contribution in [3.05, 3.63) is 48.0 Å². The maximum Gasteiger partial charge on any atom is 0.119 e. The van der Waals surface area contributed by atoms with Gasteiger partial charge in [0.25, 0.3) is 0 Å². The summed E-state index contributed by atoms with van der Waals surface area (Å²) < 4.78 is 5.70. The van der Waals surface area contributed by atoms with Crippen LogP contribution in [0.4, 0.5) is 0 Å². The van der Waals surface area contributed by atoms with Crippen molar-refractivity contribution < 1.29 is 4.74 Å². The molecule has 1 unspecified atom stereocenters. The average molecular weight is 309 g/mol.